The summed E-state index contributed by atoms with van der Waals surface area (Å²) in [5, 5.41) is 0. The number of rotatable bonds is 1. The first kappa shape index (κ1) is 15.2. The monoisotopic (exact) mass is 327 g/mol. The maximum absolute atomic E-state index is 12.6. The summed E-state index contributed by atoms with van der Waals surface area (Å²) >= 11 is 0. The van der Waals surface area contributed by atoms with E-state index in [1.807, 2.05) is 4.90 Å². The highest BCUT2D eigenvalue weighted by Gasteiger charge is 2.49. The highest BCUT2D eigenvalue weighted by atomic mass is 16.2. The minimum absolute atomic E-state index is 0.0380. The summed E-state index contributed by atoms with van der Waals surface area (Å²) < 4.78 is 0. The average molecular weight is 327 g/mol. The van der Waals surface area contributed by atoms with Gasteiger partial charge in [0.2, 0.25) is 0 Å². The molecule has 1 aliphatic carbocycles. The molecule has 1 aromatic carbocycles. The Balaban J connectivity index is 1.48. The molecule has 0 N–H and O–H groups in total. The van der Waals surface area contributed by atoms with Gasteiger partial charge in [-0.1, -0.05) is 12.1 Å². The van der Waals surface area contributed by atoms with Crippen LogP contribution in [0.2, 0.25) is 0 Å². The Bertz CT molecular complexity index is 681. The lowest BCUT2D eigenvalue weighted by atomic mass is 10.0. The second-order valence-electron chi connectivity index (χ2n) is 7.25. The molecule has 6 nitrogen and oxygen atoms in total. The molecule has 0 bridgehead atoms. The minimum Gasteiger partial charge on any atom is -0.331 e. The SMILES string of the molecule is CN(C)C(=O)N1C[C@@H]2CC(N3C(=O)c4ccccc4C3=O)C[C@H]2C1. The maximum atomic E-state index is 12.6. The normalized spacial score (nSPS) is 26.1. The van der Waals surface area contributed by atoms with Crippen molar-refractivity contribution in [1.29, 1.82) is 0 Å². The fraction of sp³-hybridized carbons (Fsp3) is 0.500. The molecule has 1 saturated carbocycles. The van der Waals surface area contributed by atoms with E-state index in [1.165, 1.54) is 4.90 Å². The van der Waals surface area contributed by atoms with E-state index in [-0.39, 0.29) is 23.9 Å². The van der Waals surface area contributed by atoms with E-state index >= 15 is 0 Å². The smallest absolute Gasteiger partial charge is 0.319 e. The zero-order chi connectivity index (χ0) is 17.0. The van der Waals surface area contributed by atoms with Gasteiger partial charge in [-0.15, -0.1) is 0 Å². The van der Waals surface area contributed by atoms with Crippen LogP contribution in [0.25, 0.3) is 0 Å². The number of amides is 4. The number of likely N-dealkylation sites (tertiary alicyclic amines) is 1. The molecule has 4 amide bonds. The van der Waals surface area contributed by atoms with E-state index in [1.54, 1.807) is 43.3 Å². The van der Waals surface area contributed by atoms with E-state index in [0.29, 0.717) is 23.0 Å². The number of urea groups is 1. The van der Waals surface area contributed by atoms with Crippen LogP contribution in [0.5, 0.6) is 0 Å². The Kier molecular flexibility index (Phi) is 3.37. The highest BCUT2D eigenvalue weighted by Crippen LogP contribution is 2.42. The molecule has 1 saturated heterocycles. The summed E-state index contributed by atoms with van der Waals surface area (Å²) in [5.74, 6) is 0.426. The zero-order valence-corrected chi connectivity index (χ0v) is 13.9. The van der Waals surface area contributed by atoms with Crippen molar-refractivity contribution < 1.29 is 14.4 Å². The van der Waals surface area contributed by atoms with Gasteiger partial charge < -0.3 is 9.80 Å². The Hall–Kier alpha value is -2.37. The largest absolute Gasteiger partial charge is 0.331 e. The van der Waals surface area contributed by atoms with Crippen molar-refractivity contribution in [2.75, 3.05) is 27.2 Å². The first-order chi connectivity index (χ1) is 11.5. The number of hydrogen-bond acceptors (Lipinski definition) is 3. The number of nitrogens with zero attached hydrogens (tertiary/aromatic N) is 3. The lowest BCUT2D eigenvalue weighted by Crippen LogP contribution is -2.41. The lowest BCUT2D eigenvalue weighted by Gasteiger charge is -2.26. The summed E-state index contributed by atoms with van der Waals surface area (Å²) in [6.45, 7) is 1.45. The van der Waals surface area contributed by atoms with Gasteiger partial charge in [-0.3, -0.25) is 14.5 Å². The Labute approximate surface area is 141 Å². The number of imide groups is 1. The van der Waals surface area contributed by atoms with E-state index in [0.717, 1.165) is 25.9 Å². The van der Waals surface area contributed by atoms with Gasteiger partial charge in [0.15, 0.2) is 0 Å². The molecular weight excluding hydrogens is 306 g/mol. The zero-order valence-electron chi connectivity index (χ0n) is 13.9. The van der Waals surface area contributed by atoms with Crippen LogP contribution in [0.1, 0.15) is 33.6 Å². The van der Waals surface area contributed by atoms with E-state index in [4.69, 9.17) is 0 Å². The van der Waals surface area contributed by atoms with Gasteiger partial charge >= 0.3 is 6.03 Å². The van der Waals surface area contributed by atoms with Crippen LogP contribution in [0.15, 0.2) is 24.3 Å². The topological polar surface area (TPSA) is 60.9 Å². The average Bonchev–Trinajstić information content (AvgIpc) is 3.18. The highest BCUT2D eigenvalue weighted by molar-refractivity contribution is 6.21. The molecule has 0 aromatic heterocycles. The van der Waals surface area contributed by atoms with Gasteiger partial charge in [0.05, 0.1) is 11.1 Å². The summed E-state index contributed by atoms with van der Waals surface area (Å²) in [4.78, 5) is 42.3. The van der Waals surface area contributed by atoms with Crippen molar-refractivity contribution in [3.05, 3.63) is 35.4 Å². The first-order valence-electron chi connectivity index (χ1n) is 8.40. The van der Waals surface area contributed by atoms with Gasteiger partial charge in [-0.05, 0) is 36.8 Å². The summed E-state index contributed by atoms with van der Waals surface area (Å²) in [6.07, 6.45) is 1.60. The fourth-order valence-corrected chi connectivity index (χ4v) is 4.46. The number of benzene rings is 1. The van der Waals surface area contributed by atoms with E-state index < -0.39 is 0 Å². The molecule has 6 heteroatoms. The van der Waals surface area contributed by atoms with Gasteiger partial charge in [0, 0.05) is 33.2 Å². The number of carbonyl (C=O) groups excluding carboxylic acids is 3. The molecule has 1 aromatic rings. The molecule has 0 spiro atoms. The van der Waals surface area contributed by atoms with Gasteiger partial charge in [-0.2, -0.15) is 0 Å². The molecule has 0 radical (unpaired) electrons. The standard InChI is InChI=1S/C18H21N3O3/c1-19(2)18(24)20-9-11-7-13(8-12(11)10-20)21-16(22)14-5-3-4-6-15(14)17(21)23/h3-6,11-13H,7-10H2,1-2H3/t11-,12-/m0/s1. The molecule has 126 valence electrons. The van der Waals surface area contributed by atoms with E-state index in [9.17, 15) is 14.4 Å². The van der Waals surface area contributed by atoms with Crippen molar-refractivity contribution >= 4 is 17.8 Å². The number of fused-ring (bicyclic) bond motifs is 2. The number of hydrogen-bond donors (Lipinski definition) is 0. The van der Waals surface area contributed by atoms with E-state index in [2.05, 4.69) is 0 Å². The van der Waals surface area contributed by atoms with Crippen LogP contribution in [-0.2, 0) is 0 Å². The quantitative estimate of drug-likeness (QED) is 0.737. The molecule has 0 unspecified atom stereocenters. The second kappa shape index (κ2) is 5.33. The van der Waals surface area contributed by atoms with Crippen LogP contribution in [0, 0.1) is 11.8 Å². The molecule has 3 aliphatic rings. The van der Waals surface area contributed by atoms with Gasteiger partial charge in [-0.25, -0.2) is 4.79 Å². The third-order valence-corrected chi connectivity index (χ3v) is 5.57. The molecular formula is C18H21N3O3. The fourth-order valence-electron chi connectivity index (χ4n) is 4.46. The molecule has 2 aliphatic heterocycles. The summed E-state index contributed by atoms with van der Waals surface area (Å²) in [5.41, 5.74) is 1.04. The Morgan fingerprint density at radius 1 is 1.00 bits per heavy atom. The van der Waals surface area contributed by atoms with Crippen molar-refractivity contribution in [1.82, 2.24) is 14.7 Å². The van der Waals surface area contributed by atoms with Crippen LogP contribution >= 0.6 is 0 Å². The molecule has 4 rings (SSSR count). The van der Waals surface area contributed by atoms with Gasteiger partial charge in [0.1, 0.15) is 0 Å². The van der Waals surface area contributed by atoms with Crippen molar-refractivity contribution in [2.24, 2.45) is 11.8 Å². The summed E-state index contributed by atoms with van der Waals surface area (Å²) in [6, 6.07) is 7.04. The molecule has 2 fully saturated rings. The van der Waals surface area contributed by atoms with Crippen LogP contribution < -0.4 is 0 Å². The van der Waals surface area contributed by atoms with Crippen LogP contribution in [-0.4, -0.2) is 65.8 Å². The minimum atomic E-state index is -0.165. The van der Waals surface area contributed by atoms with Crippen molar-refractivity contribution in [2.45, 2.75) is 18.9 Å². The van der Waals surface area contributed by atoms with Gasteiger partial charge in [0.25, 0.3) is 11.8 Å². The predicted molar refractivity (Wildman–Crippen MR) is 87.6 cm³/mol. The second-order valence-corrected chi connectivity index (χ2v) is 7.25. The first-order valence-corrected chi connectivity index (χ1v) is 8.40. The third kappa shape index (κ3) is 2.12. The Morgan fingerprint density at radius 3 is 1.96 bits per heavy atom. The van der Waals surface area contributed by atoms with Crippen LogP contribution in [0.3, 0.4) is 0 Å². The molecule has 2 atom stereocenters. The Morgan fingerprint density at radius 2 is 1.50 bits per heavy atom. The summed E-state index contributed by atoms with van der Waals surface area (Å²) in [7, 11) is 3.52. The molecule has 24 heavy (non-hydrogen) atoms. The van der Waals surface area contributed by atoms with Crippen LogP contribution in [0.4, 0.5) is 4.79 Å². The lowest BCUT2D eigenvalue weighted by molar-refractivity contribution is 0.0578. The van der Waals surface area contributed by atoms with Crippen molar-refractivity contribution in [3.63, 3.8) is 0 Å². The predicted octanol–water partition coefficient (Wildman–Crippen LogP) is 1.67. The number of carbonyl (C=O) groups is 3. The third-order valence-electron chi connectivity index (χ3n) is 5.57. The maximum Gasteiger partial charge on any atom is 0.319 e. The molecule has 2 heterocycles. The van der Waals surface area contributed by atoms with Crippen molar-refractivity contribution in [3.8, 4) is 0 Å².